The minimum Gasteiger partial charge on any atom is -0.370 e. The summed E-state index contributed by atoms with van der Waals surface area (Å²) >= 11 is 7.42. The SMILES string of the molecule is CC1(C)Cc2sc3[nH]c(=O)n(C4CCCCC4)c(=S)c3c2CO1. The van der Waals surface area contributed by atoms with Gasteiger partial charge in [0.25, 0.3) is 0 Å². The van der Waals surface area contributed by atoms with Crippen molar-refractivity contribution in [1.29, 1.82) is 0 Å². The van der Waals surface area contributed by atoms with E-state index in [1.807, 2.05) is 4.57 Å². The summed E-state index contributed by atoms with van der Waals surface area (Å²) < 4.78 is 8.53. The van der Waals surface area contributed by atoms with E-state index in [0.29, 0.717) is 11.2 Å². The molecule has 1 saturated carbocycles. The molecule has 0 aromatic carbocycles. The Morgan fingerprint density at radius 3 is 2.78 bits per heavy atom. The van der Waals surface area contributed by atoms with Crippen LogP contribution in [0.1, 0.15) is 62.4 Å². The summed E-state index contributed by atoms with van der Waals surface area (Å²) in [6.07, 6.45) is 6.62. The molecule has 124 valence electrons. The molecule has 4 nitrogen and oxygen atoms in total. The molecule has 0 unspecified atom stereocenters. The Bertz CT molecular complexity index is 869. The molecule has 0 saturated heterocycles. The van der Waals surface area contributed by atoms with Crippen LogP contribution in [-0.4, -0.2) is 15.2 Å². The molecule has 0 amide bonds. The first-order valence-electron chi connectivity index (χ1n) is 8.39. The number of hydrogen-bond donors (Lipinski definition) is 1. The van der Waals surface area contributed by atoms with Crippen molar-refractivity contribution in [3.8, 4) is 0 Å². The van der Waals surface area contributed by atoms with Gasteiger partial charge in [-0.2, -0.15) is 0 Å². The summed E-state index contributed by atoms with van der Waals surface area (Å²) in [4.78, 5) is 17.9. The third kappa shape index (κ3) is 2.61. The summed E-state index contributed by atoms with van der Waals surface area (Å²) in [7, 11) is 0. The molecule has 0 spiro atoms. The number of H-pyrrole nitrogens is 1. The topological polar surface area (TPSA) is 47.0 Å². The van der Waals surface area contributed by atoms with Crippen LogP contribution in [0.3, 0.4) is 0 Å². The first kappa shape index (κ1) is 15.5. The van der Waals surface area contributed by atoms with Gasteiger partial charge in [-0.05, 0) is 26.7 Å². The third-order valence-electron chi connectivity index (χ3n) is 5.10. The Hall–Kier alpha value is -0.980. The molecule has 6 heteroatoms. The first-order valence-corrected chi connectivity index (χ1v) is 9.62. The lowest BCUT2D eigenvalue weighted by Crippen LogP contribution is -2.31. The van der Waals surface area contributed by atoms with Gasteiger partial charge in [0.1, 0.15) is 9.47 Å². The molecule has 2 aromatic heterocycles. The van der Waals surface area contributed by atoms with Crippen LogP contribution in [-0.2, 0) is 17.8 Å². The Labute approximate surface area is 144 Å². The number of nitrogens with zero attached hydrogens (tertiary/aromatic N) is 1. The second-order valence-electron chi connectivity index (χ2n) is 7.33. The summed E-state index contributed by atoms with van der Waals surface area (Å²) in [6, 6.07) is 0.251. The number of rotatable bonds is 1. The van der Waals surface area contributed by atoms with E-state index < -0.39 is 0 Å². The molecule has 1 aliphatic carbocycles. The molecule has 23 heavy (non-hydrogen) atoms. The van der Waals surface area contributed by atoms with E-state index in [0.717, 1.165) is 29.5 Å². The van der Waals surface area contributed by atoms with Crippen LogP contribution < -0.4 is 5.69 Å². The van der Waals surface area contributed by atoms with E-state index in [4.69, 9.17) is 17.0 Å². The molecule has 0 bridgehead atoms. The first-order chi connectivity index (χ1) is 11.0. The molecule has 4 rings (SSSR count). The number of nitrogens with one attached hydrogen (secondary N) is 1. The number of aromatic nitrogens is 2. The van der Waals surface area contributed by atoms with Gasteiger partial charge in [-0.1, -0.05) is 31.5 Å². The van der Waals surface area contributed by atoms with Gasteiger partial charge in [0.15, 0.2) is 0 Å². The minimum atomic E-state index is -0.144. The average molecular weight is 351 g/mol. The lowest BCUT2D eigenvalue weighted by atomic mass is 9.95. The van der Waals surface area contributed by atoms with Gasteiger partial charge in [0.2, 0.25) is 0 Å². The highest BCUT2D eigenvalue weighted by Gasteiger charge is 2.30. The summed E-state index contributed by atoms with van der Waals surface area (Å²) in [5, 5.41) is 1.04. The van der Waals surface area contributed by atoms with Crippen molar-refractivity contribution < 1.29 is 4.74 Å². The maximum atomic E-state index is 12.6. The van der Waals surface area contributed by atoms with Crippen molar-refractivity contribution >= 4 is 33.8 Å². The molecule has 0 radical (unpaired) electrons. The van der Waals surface area contributed by atoms with Gasteiger partial charge < -0.3 is 4.74 Å². The van der Waals surface area contributed by atoms with Crippen molar-refractivity contribution in [3.63, 3.8) is 0 Å². The van der Waals surface area contributed by atoms with Crippen LogP contribution in [0, 0.1) is 4.64 Å². The van der Waals surface area contributed by atoms with Crippen molar-refractivity contribution in [1.82, 2.24) is 9.55 Å². The second kappa shape index (κ2) is 5.53. The molecule has 1 aliphatic heterocycles. The summed E-state index contributed by atoms with van der Waals surface area (Å²) in [6.45, 7) is 4.81. The smallest absolute Gasteiger partial charge is 0.327 e. The highest BCUT2D eigenvalue weighted by Crippen LogP contribution is 2.39. The highest BCUT2D eigenvalue weighted by molar-refractivity contribution is 7.71. The monoisotopic (exact) mass is 350 g/mol. The van der Waals surface area contributed by atoms with Crippen LogP contribution in [0.2, 0.25) is 0 Å². The fraction of sp³-hybridized carbons (Fsp3) is 0.647. The van der Waals surface area contributed by atoms with E-state index in [-0.39, 0.29) is 17.3 Å². The molecule has 0 atom stereocenters. The van der Waals surface area contributed by atoms with Gasteiger partial charge in [-0.25, -0.2) is 4.79 Å². The van der Waals surface area contributed by atoms with Gasteiger partial charge in [-0.15, -0.1) is 11.3 Å². The Morgan fingerprint density at radius 2 is 2.04 bits per heavy atom. The van der Waals surface area contributed by atoms with Crippen molar-refractivity contribution in [2.75, 3.05) is 0 Å². The van der Waals surface area contributed by atoms with Gasteiger partial charge in [0, 0.05) is 22.9 Å². The van der Waals surface area contributed by atoms with E-state index in [1.165, 1.54) is 29.7 Å². The van der Waals surface area contributed by atoms with Crippen LogP contribution >= 0.6 is 23.6 Å². The Morgan fingerprint density at radius 1 is 1.30 bits per heavy atom. The number of thiophene rings is 1. The maximum absolute atomic E-state index is 12.6. The fourth-order valence-electron chi connectivity index (χ4n) is 3.87. The average Bonchev–Trinajstić information content (AvgIpc) is 2.84. The molecular weight excluding hydrogens is 328 g/mol. The van der Waals surface area contributed by atoms with Gasteiger partial charge in [0.05, 0.1) is 17.6 Å². The molecule has 1 N–H and O–H groups in total. The quantitative estimate of drug-likeness (QED) is 0.772. The standard InChI is InChI=1S/C17H22N2O2S2/c1-17(2)8-12-11(9-21-17)13-14(23-12)18-16(20)19(15(13)22)10-6-4-3-5-7-10/h10H,3-9H2,1-2H3,(H,18,20). The largest absolute Gasteiger partial charge is 0.370 e. The minimum absolute atomic E-state index is 0.0480. The predicted molar refractivity (Wildman–Crippen MR) is 96.0 cm³/mol. The highest BCUT2D eigenvalue weighted by atomic mass is 32.1. The zero-order valence-electron chi connectivity index (χ0n) is 13.6. The van der Waals surface area contributed by atoms with Crippen LogP contribution in [0.5, 0.6) is 0 Å². The number of fused-ring (bicyclic) bond motifs is 3. The lowest BCUT2D eigenvalue weighted by molar-refractivity contribution is -0.0382. The summed E-state index contributed by atoms with van der Waals surface area (Å²) in [5.41, 5.74) is 0.998. The molecule has 2 aromatic rings. The summed E-state index contributed by atoms with van der Waals surface area (Å²) in [5.74, 6) is 0. The third-order valence-corrected chi connectivity index (χ3v) is 6.64. The maximum Gasteiger partial charge on any atom is 0.327 e. The zero-order valence-corrected chi connectivity index (χ0v) is 15.2. The van der Waals surface area contributed by atoms with E-state index >= 15 is 0 Å². The van der Waals surface area contributed by atoms with E-state index in [1.54, 1.807) is 11.3 Å². The number of aromatic amines is 1. The second-order valence-corrected chi connectivity index (χ2v) is 8.82. The fourth-order valence-corrected chi connectivity index (χ4v) is 5.80. The predicted octanol–water partition coefficient (Wildman–Crippen LogP) is 4.48. The van der Waals surface area contributed by atoms with E-state index in [9.17, 15) is 4.79 Å². The Balaban J connectivity index is 1.91. The lowest BCUT2D eigenvalue weighted by Gasteiger charge is -2.30. The van der Waals surface area contributed by atoms with E-state index in [2.05, 4.69) is 18.8 Å². The molecule has 2 aliphatic rings. The van der Waals surface area contributed by atoms with Crippen LogP contribution in [0.15, 0.2) is 4.79 Å². The molecule has 1 fully saturated rings. The normalized spacial score (nSPS) is 21.5. The van der Waals surface area contributed by atoms with Gasteiger partial charge >= 0.3 is 5.69 Å². The number of hydrogen-bond acceptors (Lipinski definition) is 4. The molecule has 3 heterocycles. The van der Waals surface area contributed by atoms with Crippen molar-refractivity contribution in [2.45, 2.75) is 70.6 Å². The van der Waals surface area contributed by atoms with Crippen molar-refractivity contribution in [2.24, 2.45) is 0 Å². The van der Waals surface area contributed by atoms with Gasteiger partial charge in [-0.3, -0.25) is 9.55 Å². The molecular formula is C17H22N2O2S2. The van der Waals surface area contributed by atoms with Crippen LogP contribution in [0.4, 0.5) is 0 Å². The zero-order chi connectivity index (χ0) is 16.2. The van der Waals surface area contributed by atoms with Crippen LogP contribution in [0.25, 0.3) is 10.2 Å². The Kier molecular flexibility index (Phi) is 3.74. The van der Waals surface area contributed by atoms with Crippen molar-refractivity contribution in [3.05, 3.63) is 25.6 Å². The number of ether oxygens (including phenoxy) is 1.